The van der Waals surface area contributed by atoms with E-state index in [9.17, 15) is 14.4 Å². The molecule has 0 atom stereocenters. The zero-order valence-corrected chi connectivity index (χ0v) is 19.9. The van der Waals surface area contributed by atoms with E-state index in [1.54, 1.807) is 26.0 Å². The predicted molar refractivity (Wildman–Crippen MR) is 132 cm³/mol. The molecule has 0 fully saturated rings. The number of carbonyl (C=O) groups excluding carboxylic acids is 3. The Bertz CT molecular complexity index is 1220. The van der Waals surface area contributed by atoms with Crippen molar-refractivity contribution < 1.29 is 19.1 Å². The molecule has 0 unspecified atom stereocenters. The highest BCUT2D eigenvalue weighted by Crippen LogP contribution is 2.32. The summed E-state index contributed by atoms with van der Waals surface area (Å²) in [4.78, 5) is 46.8. The molecule has 7 nitrogen and oxygen atoms in total. The maximum absolute atomic E-state index is 13.5. The first-order chi connectivity index (χ1) is 16.4. The smallest absolute Gasteiger partial charge is 0.358 e. The molecule has 0 aliphatic carbocycles. The van der Waals surface area contributed by atoms with Crippen molar-refractivity contribution in [2.24, 2.45) is 0 Å². The van der Waals surface area contributed by atoms with Crippen LogP contribution in [0.2, 0.25) is 0 Å². The highest BCUT2D eigenvalue weighted by Gasteiger charge is 2.34. The van der Waals surface area contributed by atoms with Crippen LogP contribution in [0.1, 0.15) is 43.8 Å². The van der Waals surface area contributed by atoms with Crippen molar-refractivity contribution in [2.45, 2.75) is 20.3 Å². The van der Waals surface area contributed by atoms with Gasteiger partial charge in [0.15, 0.2) is 10.8 Å². The number of nitrogens with zero attached hydrogens (tertiary/aromatic N) is 3. The molecule has 8 heteroatoms. The fourth-order valence-corrected chi connectivity index (χ4v) is 4.76. The predicted octanol–water partition coefficient (Wildman–Crippen LogP) is 4.33. The summed E-state index contributed by atoms with van der Waals surface area (Å²) in [7, 11) is 0. The highest BCUT2D eigenvalue weighted by molar-refractivity contribution is 7.16. The van der Waals surface area contributed by atoms with E-state index in [0.29, 0.717) is 34.2 Å². The lowest BCUT2D eigenvalue weighted by Crippen LogP contribution is -2.41. The van der Waals surface area contributed by atoms with Crippen LogP contribution in [0.4, 0.5) is 5.13 Å². The minimum absolute atomic E-state index is 0.172. The normalized spacial score (nSPS) is 12.6. The van der Waals surface area contributed by atoms with Crippen molar-refractivity contribution >= 4 is 39.9 Å². The first-order valence-electron chi connectivity index (χ1n) is 11.0. The molecule has 1 aromatic heterocycles. The number of amides is 2. The van der Waals surface area contributed by atoms with E-state index in [-0.39, 0.29) is 30.7 Å². The van der Waals surface area contributed by atoms with Gasteiger partial charge in [-0.25, -0.2) is 9.78 Å². The molecule has 34 heavy (non-hydrogen) atoms. The molecule has 1 aliphatic rings. The molecule has 0 radical (unpaired) electrons. The molecule has 0 N–H and O–H groups in total. The number of aromatic nitrogens is 1. The molecule has 0 bridgehead atoms. The van der Waals surface area contributed by atoms with E-state index in [1.165, 1.54) is 21.1 Å². The molecule has 2 amide bonds. The number of anilines is 1. The lowest BCUT2D eigenvalue weighted by atomic mass is 10.1. The molecule has 4 rings (SSSR count). The minimum Gasteiger partial charge on any atom is -0.461 e. The van der Waals surface area contributed by atoms with Crippen molar-refractivity contribution in [3.05, 3.63) is 88.4 Å². The number of hydrogen-bond acceptors (Lipinski definition) is 6. The van der Waals surface area contributed by atoms with Crippen LogP contribution in [0.5, 0.6) is 0 Å². The van der Waals surface area contributed by atoms with Gasteiger partial charge in [0.2, 0.25) is 5.91 Å². The number of hydrogen-bond donors (Lipinski definition) is 0. The van der Waals surface area contributed by atoms with E-state index in [2.05, 4.69) is 11.6 Å². The Balaban J connectivity index is 1.60. The van der Waals surface area contributed by atoms with Crippen LogP contribution in [0.25, 0.3) is 5.70 Å². The summed E-state index contributed by atoms with van der Waals surface area (Å²) in [5.41, 5.74) is 3.03. The second-order valence-electron chi connectivity index (χ2n) is 7.79. The van der Waals surface area contributed by atoms with Gasteiger partial charge >= 0.3 is 5.97 Å². The third-order valence-electron chi connectivity index (χ3n) is 5.59. The molecule has 3 aromatic rings. The molecule has 174 valence electrons. The summed E-state index contributed by atoms with van der Waals surface area (Å²) in [6.07, 6.45) is 0.592. The lowest BCUT2D eigenvalue weighted by Gasteiger charge is -2.24. The van der Waals surface area contributed by atoms with E-state index in [4.69, 9.17) is 4.74 Å². The second kappa shape index (κ2) is 10.0. The van der Waals surface area contributed by atoms with Crippen LogP contribution in [0.3, 0.4) is 0 Å². The van der Waals surface area contributed by atoms with Gasteiger partial charge in [0, 0.05) is 28.2 Å². The maximum Gasteiger partial charge on any atom is 0.358 e. The third-order valence-corrected chi connectivity index (χ3v) is 6.58. The van der Waals surface area contributed by atoms with Gasteiger partial charge in [-0.15, -0.1) is 11.3 Å². The topological polar surface area (TPSA) is 79.8 Å². The first-order valence-corrected chi connectivity index (χ1v) is 11.8. The first kappa shape index (κ1) is 23.4. The number of carbonyl (C=O) groups is 3. The van der Waals surface area contributed by atoms with Gasteiger partial charge in [-0.2, -0.15) is 0 Å². The quantitative estimate of drug-likeness (QED) is 0.453. The molecule has 2 aromatic carbocycles. The van der Waals surface area contributed by atoms with Gasteiger partial charge in [0.25, 0.3) is 5.91 Å². The Morgan fingerprint density at radius 1 is 1.09 bits per heavy atom. The number of fused-ring (bicyclic) bond motifs is 1. The lowest BCUT2D eigenvalue weighted by molar-refractivity contribution is -0.118. The van der Waals surface area contributed by atoms with Crippen LogP contribution < -0.4 is 4.90 Å². The summed E-state index contributed by atoms with van der Waals surface area (Å²) in [5.74, 6) is -1.07. The standard InChI is InChI=1S/C26H25N3O4S/c1-4-33-25(32)23-18(3)34-26(27-23)28(15-14-19-10-6-5-7-11-19)22(30)16-29-17(2)20-12-8-9-13-21(20)24(29)31/h5-13H,2,4,14-16H2,1,3H3. The van der Waals surface area contributed by atoms with Crippen molar-refractivity contribution in [3.63, 3.8) is 0 Å². The summed E-state index contributed by atoms with van der Waals surface area (Å²) >= 11 is 1.25. The summed E-state index contributed by atoms with van der Waals surface area (Å²) in [5, 5.41) is 0.399. The Morgan fingerprint density at radius 2 is 1.76 bits per heavy atom. The monoisotopic (exact) mass is 475 g/mol. The molecular formula is C26H25N3O4S. The van der Waals surface area contributed by atoms with E-state index < -0.39 is 5.97 Å². The number of thiazole rings is 1. The zero-order valence-electron chi connectivity index (χ0n) is 19.1. The van der Waals surface area contributed by atoms with Crippen molar-refractivity contribution in [1.82, 2.24) is 9.88 Å². The molecule has 0 spiro atoms. The van der Waals surface area contributed by atoms with Crippen molar-refractivity contribution in [3.8, 4) is 0 Å². The number of ether oxygens (including phenoxy) is 1. The Hall–Kier alpha value is -3.78. The molecular weight excluding hydrogens is 450 g/mol. The molecule has 2 heterocycles. The average molecular weight is 476 g/mol. The van der Waals surface area contributed by atoms with Crippen LogP contribution in [0.15, 0.2) is 61.2 Å². The summed E-state index contributed by atoms with van der Waals surface area (Å²) in [6, 6.07) is 17.0. The number of rotatable bonds is 8. The second-order valence-corrected chi connectivity index (χ2v) is 8.97. The van der Waals surface area contributed by atoms with Crippen LogP contribution in [-0.2, 0) is 16.0 Å². The number of benzene rings is 2. The fraction of sp³-hybridized carbons (Fsp3) is 0.231. The van der Waals surface area contributed by atoms with Gasteiger partial charge in [0.1, 0.15) is 6.54 Å². The van der Waals surface area contributed by atoms with Crippen molar-refractivity contribution in [2.75, 3.05) is 24.6 Å². The van der Waals surface area contributed by atoms with Gasteiger partial charge in [0.05, 0.1) is 6.61 Å². The van der Waals surface area contributed by atoms with Crippen molar-refractivity contribution in [1.29, 1.82) is 0 Å². The largest absolute Gasteiger partial charge is 0.461 e. The van der Waals surface area contributed by atoms with Gasteiger partial charge < -0.3 is 4.74 Å². The molecule has 1 aliphatic heterocycles. The Morgan fingerprint density at radius 3 is 2.44 bits per heavy atom. The van der Waals surface area contributed by atoms with E-state index in [0.717, 1.165) is 11.1 Å². The van der Waals surface area contributed by atoms with Gasteiger partial charge in [-0.3, -0.25) is 19.4 Å². The summed E-state index contributed by atoms with van der Waals surface area (Å²) < 4.78 is 5.10. The number of esters is 1. The zero-order chi connectivity index (χ0) is 24.2. The van der Waals surface area contributed by atoms with Crippen LogP contribution in [-0.4, -0.2) is 47.4 Å². The van der Waals surface area contributed by atoms with Crippen LogP contribution >= 0.6 is 11.3 Å². The fourth-order valence-electron chi connectivity index (χ4n) is 3.82. The maximum atomic E-state index is 13.5. The Labute approximate surface area is 202 Å². The molecule has 0 saturated carbocycles. The molecule has 0 saturated heterocycles. The van der Waals surface area contributed by atoms with Gasteiger partial charge in [-0.1, -0.05) is 55.1 Å². The van der Waals surface area contributed by atoms with Crippen LogP contribution in [0, 0.1) is 6.92 Å². The highest BCUT2D eigenvalue weighted by atomic mass is 32.1. The average Bonchev–Trinajstić information content (AvgIpc) is 3.33. The Kier molecular flexibility index (Phi) is 6.88. The summed E-state index contributed by atoms with van der Waals surface area (Å²) in [6.45, 7) is 7.94. The SMILES string of the molecule is C=C1c2ccccc2C(=O)N1CC(=O)N(CCc1ccccc1)c1nc(C(=O)OCC)c(C)s1. The van der Waals surface area contributed by atoms with E-state index >= 15 is 0 Å². The number of aryl methyl sites for hydroxylation is 1. The third kappa shape index (κ3) is 4.63. The minimum atomic E-state index is -0.517. The van der Waals surface area contributed by atoms with Gasteiger partial charge in [-0.05, 0) is 31.9 Å². The van der Waals surface area contributed by atoms with E-state index in [1.807, 2.05) is 42.5 Å².